The van der Waals surface area contributed by atoms with Crippen molar-refractivity contribution in [2.75, 3.05) is 0 Å². The molecule has 1 unspecified atom stereocenters. The van der Waals surface area contributed by atoms with Gasteiger partial charge in [-0.1, -0.05) is 12.5 Å². The Bertz CT molecular complexity index is 215. The number of aliphatic carboxylic acids is 2. The molecule has 0 aromatic carbocycles. The number of rotatable bonds is 8. The van der Waals surface area contributed by atoms with Crippen LogP contribution in [-0.2, 0) is 9.59 Å². The van der Waals surface area contributed by atoms with E-state index < -0.39 is 24.3 Å². The molecule has 0 spiro atoms. The van der Waals surface area contributed by atoms with E-state index in [1.54, 1.807) is 6.08 Å². The van der Waals surface area contributed by atoms with Gasteiger partial charge in [0.2, 0.25) is 0 Å². The van der Waals surface area contributed by atoms with Crippen LogP contribution in [0.15, 0.2) is 12.7 Å². The van der Waals surface area contributed by atoms with Crippen molar-refractivity contribution in [2.24, 2.45) is 5.92 Å². The predicted octanol–water partition coefficient (Wildman–Crippen LogP) is -1.14. The van der Waals surface area contributed by atoms with Crippen molar-refractivity contribution in [3.63, 3.8) is 0 Å². The predicted molar refractivity (Wildman–Crippen MR) is 52.5 cm³/mol. The number of carboxylic acid groups (broad SMARTS) is 2. The van der Waals surface area contributed by atoms with Gasteiger partial charge in [-0.3, -0.25) is 0 Å². The molecule has 5 heteroatoms. The normalized spacial score (nSPS) is 11.2. The molecule has 0 fully saturated rings. The van der Waals surface area contributed by atoms with Gasteiger partial charge in [-0.05, 0) is 25.7 Å². The Morgan fingerprint density at radius 2 is 1.87 bits per heavy atom. The van der Waals surface area contributed by atoms with E-state index in [2.05, 4.69) is 6.58 Å². The van der Waals surface area contributed by atoms with Gasteiger partial charge in [-0.15, -0.1) is 6.58 Å². The van der Waals surface area contributed by atoms with Crippen LogP contribution in [0.2, 0.25) is 0 Å². The van der Waals surface area contributed by atoms with Gasteiger partial charge in [-0.25, -0.2) is 0 Å². The molecule has 0 saturated carbocycles. The van der Waals surface area contributed by atoms with Gasteiger partial charge >= 0.3 is 37.7 Å². The van der Waals surface area contributed by atoms with Crippen molar-refractivity contribution in [2.45, 2.75) is 32.1 Å². The summed E-state index contributed by atoms with van der Waals surface area (Å²) in [7, 11) is 0. The van der Waals surface area contributed by atoms with Crippen LogP contribution in [0, 0.1) is 5.92 Å². The zero-order valence-electron chi connectivity index (χ0n) is 8.74. The number of unbranched alkanes of at least 4 members (excludes halogenated alkanes) is 2. The zero-order valence-corrected chi connectivity index (χ0v) is 10.9. The van der Waals surface area contributed by atoms with Gasteiger partial charge in [0, 0.05) is 17.9 Å². The quantitative estimate of drug-likeness (QED) is 0.304. The first-order valence-electron chi connectivity index (χ1n) is 4.59. The average molecular weight is 238 g/mol. The number of allylic oxidation sites excluding steroid dienone is 1. The minimum Gasteiger partial charge on any atom is -0.550 e. The van der Waals surface area contributed by atoms with Gasteiger partial charge in [0.1, 0.15) is 0 Å². The second-order valence-corrected chi connectivity index (χ2v) is 3.17. The van der Waals surface area contributed by atoms with Crippen LogP contribution in [0.4, 0.5) is 0 Å². The first-order chi connectivity index (χ1) is 6.57. The van der Waals surface area contributed by atoms with E-state index in [0.717, 1.165) is 12.8 Å². The molecule has 1 atom stereocenters. The van der Waals surface area contributed by atoms with E-state index >= 15 is 0 Å². The van der Waals surface area contributed by atoms with E-state index in [0.29, 0.717) is 12.8 Å². The van der Waals surface area contributed by atoms with Crippen molar-refractivity contribution in [1.29, 1.82) is 0 Å². The van der Waals surface area contributed by atoms with E-state index in [1.807, 2.05) is 0 Å². The summed E-state index contributed by atoms with van der Waals surface area (Å²) in [6.45, 7) is 3.53. The Labute approximate surface area is 119 Å². The summed E-state index contributed by atoms with van der Waals surface area (Å²) in [5.41, 5.74) is 0. The fraction of sp³-hybridized carbons (Fsp3) is 0.600. The van der Waals surface area contributed by atoms with E-state index in [9.17, 15) is 19.8 Å². The Morgan fingerprint density at radius 3 is 2.27 bits per heavy atom. The maximum atomic E-state index is 10.5. The molecule has 0 rings (SSSR count). The van der Waals surface area contributed by atoms with Crippen LogP contribution < -0.4 is 10.2 Å². The van der Waals surface area contributed by atoms with Gasteiger partial charge in [-0.2, -0.15) is 0 Å². The number of hydrogen-bond donors (Lipinski definition) is 0. The van der Waals surface area contributed by atoms with Crippen molar-refractivity contribution < 1.29 is 19.8 Å². The largest absolute Gasteiger partial charge is 2.00 e. The standard InChI is InChI=1S/C10H16O4.Ca/c1-2-3-4-5-6-8(10(13)14)7-9(11)12;/h2,8H,1,3-7H2,(H,11,12)(H,13,14);/q;+2/p-2. The maximum Gasteiger partial charge on any atom is 2.00 e. The Kier molecular flexibility index (Phi) is 12.1. The van der Waals surface area contributed by atoms with E-state index in [-0.39, 0.29) is 37.7 Å². The summed E-state index contributed by atoms with van der Waals surface area (Å²) in [4.78, 5) is 20.7. The molecule has 4 nitrogen and oxygen atoms in total. The topological polar surface area (TPSA) is 80.3 Å². The van der Waals surface area contributed by atoms with Crippen LogP contribution in [0.1, 0.15) is 32.1 Å². The van der Waals surface area contributed by atoms with Crippen molar-refractivity contribution in [3.05, 3.63) is 12.7 Å². The molecular formula is C10H14CaO4. The molecule has 0 saturated heterocycles. The summed E-state index contributed by atoms with van der Waals surface area (Å²) in [5, 5.41) is 20.7. The molecule has 0 aliphatic heterocycles. The zero-order chi connectivity index (χ0) is 11.0. The Hall–Kier alpha value is -0.0603. The van der Waals surface area contributed by atoms with Gasteiger partial charge < -0.3 is 19.8 Å². The molecule has 15 heavy (non-hydrogen) atoms. The van der Waals surface area contributed by atoms with Crippen LogP contribution >= 0.6 is 0 Å². The van der Waals surface area contributed by atoms with Gasteiger partial charge in [0.05, 0.1) is 0 Å². The van der Waals surface area contributed by atoms with E-state index in [4.69, 9.17) is 0 Å². The average Bonchev–Trinajstić information content (AvgIpc) is 2.09. The molecule has 0 aromatic rings. The van der Waals surface area contributed by atoms with Crippen molar-refractivity contribution in [3.8, 4) is 0 Å². The van der Waals surface area contributed by atoms with E-state index in [1.165, 1.54) is 0 Å². The van der Waals surface area contributed by atoms with Gasteiger partial charge in [0.25, 0.3) is 0 Å². The molecule has 80 valence electrons. The van der Waals surface area contributed by atoms with Crippen LogP contribution in [-0.4, -0.2) is 49.7 Å². The van der Waals surface area contributed by atoms with Crippen LogP contribution in [0.5, 0.6) is 0 Å². The Morgan fingerprint density at radius 1 is 1.27 bits per heavy atom. The summed E-state index contributed by atoms with van der Waals surface area (Å²) in [5.74, 6) is -3.58. The maximum absolute atomic E-state index is 10.5. The summed E-state index contributed by atoms with van der Waals surface area (Å²) >= 11 is 0. The van der Waals surface area contributed by atoms with Crippen molar-refractivity contribution >= 4 is 49.7 Å². The molecule has 0 aliphatic carbocycles. The molecule has 0 radical (unpaired) electrons. The summed E-state index contributed by atoms with van der Waals surface area (Å²) in [6, 6.07) is 0. The third-order valence-electron chi connectivity index (χ3n) is 1.96. The smallest absolute Gasteiger partial charge is 0.550 e. The molecule has 0 heterocycles. The fourth-order valence-corrected chi connectivity index (χ4v) is 1.18. The Balaban J connectivity index is 0. The number of carboxylic acids is 2. The number of carbonyl (C=O) groups excluding carboxylic acids is 2. The minimum atomic E-state index is -1.34. The molecular weight excluding hydrogens is 224 g/mol. The number of carbonyl (C=O) groups is 2. The second-order valence-electron chi connectivity index (χ2n) is 3.17. The molecule has 0 aliphatic rings. The third kappa shape index (κ3) is 10.2. The number of hydrogen-bond acceptors (Lipinski definition) is 4. The van der Waals surface area contributed by atoms with Crippen LogP contribution in [0.25, 0.3) is 0 Å². The third-order valence-corrected chi connectivity index (χ3v) is 1.96. The molecule has 0 N–H and O–H groups in total. The van der Waals surface area contributed by atoms with Gasteiger partial charge in [0.15, 0.2) is 0 Å². The summed E-state index contributed by atoms with van der Waals surface area (Å²) in [6.07, 6.45) is 3.90. The fourth-order valence-electron chi connectivity index (χ4n) is 1.18. The SMILES string of the molecule is C=CCCCCC(CC(=O)[O-])C(=O)[O-].[Ca+2]. The second kappa shape index (κ2) is 10.5. The molecule has 0 amide bonds. The van der Waals surface area contributed by atoms with Crippen LogP contribution in [0.3, 0.4) is 0 Å². The first-order valence-corrected chi connectivity index (χ1v) is 4.59. The summed E-state index contributed by atoms with van der Waals surface area (Å²) < 4.78 is 0. The molecule has 0 aromatic heterocycles. The minimum absolute atomic E-state index is 0. The monoisotopic (exact) mass is 238 g/mol. The molecule has 0 bridgehead atoms. The first kappa shape index (κ1) is 17.3. The van der Waals surface area contributed by atoms with Crippen molar-refractivity contribution in [1.82, 2.24) is 0 Å².